The van der Waals surface area contributed by atoms with E-state index in [0.29, 0.717) is 28.9 Å². The second kappa shape index (κ2) is 16.1. The van der Waals surface area contributed by atoms with E-state index in [9.17, 15) is 18.8 Å². The number of carbonyl (C=O) groups excluding carboxylic acids is 3. The SMILES string of the molecule is C.NC[C@H](NC(=O)c1ccc(C#CC#Cc2ccc(NC(=O)CNCc3ccc(F)cc3)cc2)cc1)C(=O)NO. The molecule has 0 saturated heterocycles. The van der Waals surface area contributed by atoms with E-state index < -0.39 is 17.9 Å². The molecule has 9 nitrogen and oxygen atoms in total. The monoisotopic (exact) mass is 543 g/mol. The lowest BCUT2D eigenvalue weighted by Crippen LogP contribution is -2.50. The minimum Gasteiger partial charge on any atom is -0.339 e. The van der Waals surface area contributed by atoms with Crippen LogP contribution in [0.4, 0.5) is 10.1 Å². The van der Waals surface area contributed by atoms with Crippen LogP contribution in [-0.2, 0) is 16.1 Å². The first-order valence-corrected chi connectivity index (χ1v) is 11.8. The first-order valence-electron chi connectivity index (χ1n) is 11.8. The molecule has 3 amide bonds. The van der Waals surface area contributed by atoms with E-state index in [1.54, 1.807) is 60.7 Å². The Kier molecular flexibility index (Phi) is 12.5. The van der Waals surface area contributed by atoms with Crippen molar-refractivity contribution in [1.29, 1.82) is 0 Å². The van der Waals surface area contributed by atoms with Gasteiger partial charge in [0.1, 0.15) is 11.9 Å². The highest BCUT2D eigenvalue weighted by atomic mass is 19.1. The molecular weight excluding hydrogens is 513 g/mol. The number of nitrogens with one attached hydrogen (secondary N) is 4. The third-order valence-corrected chi connectivity index (χ3v) is 5.29. The number of hydrogen-bond donors (Lipinski definition) is 6. The molecule has 10 heteroatoms. The number of nitrogens with two attached hydrogens (primary N) is 1. The molecule has 3 aromatic rings. The van der Waals surface area contributed by atoms with Gasteiger partial charge >= 0.3 is 0 Å². The predicted molar refractivity (Wildman–Crippen MR) is 150 cm³/mol. The number of amides is 3. The average Bonchev–Trinajstić information content (AvgIpc) is 2.95. The summed E-state index contributed by atoms with van der Waals surface area (Å²) in [6.45, 7) is 0.383. The second-order valence-electron chi connectivity index (χ2n) is 8.17. The first-order chi connectivity index (χ1) is 18.9. The molecule has 3 rings (SSSR count). The summed E-state index contributed by atoms with van der Waals surface area (Å²) in [7, 11) is 0. The zero-order valence-electron chi connectivity index (χ0n) is 20.8. The van der Waals surface area contributed by atoms with Gasteiger partial charge in [-0.1, -0.05) is 31.4 Å². The van der Waals surface area contributed by atoms with Crippen LogP contribution in [0.5, 0.6) is 0 Å². The Bertz CT molecular complexity index is 1420. The van der Waals surface area contributed by atoms with Crippen molar-refractivity contribution in [2.24, 2.45) is 5.73 Å². The Labute approximate surface area is 232 Å². The van der Waals surface area contributed by atoms with Crippen molar-refractivity contribution >= 4 is 23.4 Å². The van der Waals surface area contributed by atoms with Gasteiger partial charge in [-0.3, -0.25) is 19.6 Å². The van der Waals surface area contributed by atoms with Crippen LogP contribution in [-0.4, -0.2) is 42.1 Å². The Morgan fingerprint density at radius 1 is 0.875 bits per heavy atom. The number of halogens is 1. The quantitative estimate of drug-likeness (QED) is 0.139. The molecule has 0 aliphatic rings. The van der Waals surface area contributed by atoms with Crippen LogP contribution in [0, 0.1) is 29.5 Å². The molecule has 1 atom stereocenters. The number of rotatable bonds is 9. The summed E-state index contributed by atoms with van der Waals surface area (Å²) < 4.78 is 12.9. The van der Waals surface area contributed by atoms with E-state index in [2.05, 4.69) is 39.6 Å². The third-order valence-electron chi connectivity index (χ3n) is 5.29. The summed E-state index contributed by atoms with van der Waals surface area (Å²) >= 11 is 0. The lowest BCUT2D eigenvalue weighted by atomic mass is 10.1. The van der Waals surface area contributed by atoms with Gasteiger partial charge in [-0.05, 0) is 78.1 Å². The molecule has 3 aromatic carbocycles. The van der Waals surface area contributed by atoms with Gasteiger partial charge in [0.2, 0.25) is 5.91 Å². The molecule has 0 aromatic heterocycles. The number of carbonyl (C=O) groups is 3. The molecule has 206 valence electrons. The van der Waals surface area contributed by atoms with E-state index in [4.69, 9.17) is 10.9 Å². The van der Waals surface area contributed by atoms with Crippen LogP contribution >= 0.6 is 0 Å². The van der Waals surface area contributed by atoms with Crippen LogP contribution in [0.3, 0.4) is 0 Å². The Hall–Kier alpha value is -5.00. The van der Waals surface area contributed by atoms with Gasteiger partial charge < -0.3 is 21.7 Å². The minimum absolute atomic E-state index is 0. The number of anilines is 1. The Morgan fingerprint density at radius 3 is 2.00 bits per heavy atom. The molecule has 40 heavy (non-hydrogen) atoms. The fraction of sp³-hybridized carbons (Fsp3) is 0.167. The Balaban J connectivity index is 0.00000560. The molecule has 0 saturated carbocycles. The average molecular weight is 544 g/mol. The van der Waals surface area contributed by atoms with Crippen LogP contribution in [0.2, 0.25) is 0 Å². The van der Waals surface area contributed by atoms with Crippen molar-refractivity contribution in [1.82, 2.24) is 16.1 Å². The van der Waals surface area contributed by atoms with Crippen molar-refractivity contribution in [2.45, 2.75) is 20.0 Å². The third kappa shape index (κ3) is 10.0. The van der Waals surface area contributed by atoms with Crippen molar-refractivity contribution in [2.75, 3.05) is 18.4 Å². The highest BCUT2D eigenvalue weighted by molar-refractivity contribution is 5.97. The van der Waals surface area contributed by atoms with E-state index in [-0.39, 0.29) is 32.2 Å². The minimum atomic E-state index is -1.06. The van der Waals surface area contributed by atoms with E-state index in [1.165, 1.54) is 17.6 Å². The van der Waals surface area contributed by atoms with Crippen molar-refractivity contribution in [3.63, 3.8) is 0 Å². The summed E-state index contributed by atoms with van der Waals surface area (Å²) in [5, 5.41) is 16.9. The Morgan fingerprint density at radius 2 is 1.45 bits per heavy atom. The van der Waals surface area contributed by atoms with Crippen LogP contribution in [0.25, 0.3) is 0 Å². The van der Waals surface area contributed by atoms with Crippen molar-refractivity contribution in [3.05, 3.63) is 101 Å². The molecule has 0 unspecified atom stereocenters. The normalized spacial score (nSPS) is 10.4. The van der Waals surface area contributed by atoms with Crippen LogP contribution in [0.1, 0.15) is 34.5 Å². The van der Waals surface area contributed by atoms with Gasteiger partial charge in [-0.2, -0.15) is 0 Å². The highest BCUT2D eigenvalue weighted by Gasteiger charge is 2.19. The maximum Gasteiger partial charge on any atom is 0.267 e. The molecule has 0 bridgehead atoms. The lowest BCUT2D eigenvalue weighted by Gasteiger charge is -2.14. The first kappa shape index (κ1) is 31.2. The van der Waals surface area contributed by atoms with E-state index >= 15 is 0 Å². The fourth-order valence-electron chi connectivity index (χ4n) is 3.23. The predicted octanol–water partition coefficient (Wildman–Crippen LogP) is 2.16. The zero-order chi connectivity index (χ0) is 28.0. The summed E-state index contributed by atoms with van der Waals surface area (Å²) in [4.78, 5) is 35.8. The van der Waals surface area contributed by atoms with E-state index in [0.717, 1.165) is 5.56 Å². The van der Waals surface area contributed by atoms with E-state index in [1.807, 2.05) is 0 Å². The van der Waals surface area contributed by atoms with Gasteiger partial charge in [-0.25, -0.2) is 9.87 Å². The van der Waals surface area contributed by atoms with Gasteiger partial charge in [0.25, 0.3) is 11.8 Å². The summed E-state index contributed by atoms with van der Waals surface area (Å²) in [6, 6.07) is 18.4. The van der Waals surface area contributed by atoms with Gasteiger partial charge in [0.05, 0.1) is 6.54 Å². The molecule has 0 radical (unpaired) electrons. The van der Waals surface area contributed by atoms with Gasteiger partial charge in [0, 0.05) is 35.5 Å². The summed E-state index contributed by atoms with van der Waals surface area (Å²) in [6.07, 6.45) is 0. The lowest BCUT2D eigenvalue weighted by molar-refractivity contribution is -0.130. The molecule has 0 spiro atoms. The van der Waals surface area contributed by atoms with Crippen LogP contribution < -0.4 is 27.2 Å². The molecular formula is C30H30FN5O4. The second-order valence-corrected chi connectivity index (χ2v) is 8.17. The summed E-state index contributed by atoms with van der Waals surface area (Å²) in [5.41, 5.74) is 10.0. The standard InChI is InChI=1S/C29H26FN5O4.CH4/c30-24-13-7-22(8-14-24)18-32-19-27(36)33-25-15-9-21(10-16-25)4-2-1-3-20-5-11-23(12-6-20)28(37)34-26(17-31)29(38)35-39;/h5-16,26,32,39H,17-19,31H2,(H,33,36)(H,34,37)(H,35,38);1H4/t26-;/m0./s1. The van der Waals surface area contributed by atoms with Crippen molar-refractivity contribution in [3.8, 4) is 23.7 Å². The fourth-order valence-corrected chi connectivity index (χ4v) is 3.23. The number of benzene rings is 3. The van der Waals surface area contributed by atoms with Gasteiger partial charge in [-0.15, -0.1) is 0 Å². The summed E-state index contributed by atoms with van der Waals surface area (Å²) in [5.74, 6) is 9.45. The van der Waals surface area contributed by atoms with Crippen molar-refractivity contribution < 1.29 is 24.0 Å². The number of hydrogen-bond acceptors (Lipinski definition) is 6. The van der Waals surface area contributed by atoms with Crippen LogP contribution in [0.15, 0.2) is 72.8 Å². The molecule has 0 aliphatic carbocycles. The smallest absolute Gasteiger partial charge is 0.267 e. The highest BCUT2D eigenvalue weighted by Crippen LogP contribution is 2.09. The number of hydroxylamine groups is 1. The molecule has 0 fully saturated rings. The molecule has 0 aliphatic heterocycles. The maximum absolute atomic E-state index is 12.9. The van der Waals surface area contributed by atoms with Gasteiger partial charge in [0.15, 0.2) is 0 Å². The molecule has 0 heterocycles. The topological polar surface area (TPSA) is 146 Å². The zero-order valence-corrected chi connectivity index (χ0v) is 20.8. The molecule has 7 N–H and O–H groups in total. The largest absolute Gasteiger partial charge is 0.339 e. The maximum atomic E-state index is 12.9.